The molecule has 2 aromatic carbocycles. The van der Waals surface area contributed by atoms with Crippen LogP contribution < -0.4 is 20.2 Å². The molecule has 1 aliphatic heterocycles. The third kappa shape index (κ3) is 5.88. The van der Waals surface area contributed by atoms with Gasteiger partial charge in [-0.3, -0.25) is 4.79 Å². The largest absolute Gasteiger partial charge is 0.454 e. The Morgan fingerprint density at radius 3 is 2.79 bits per heavy atom. The van der Waals surface area contributed by atoms with Gasteiger partial charge in [0.15, 0.2) is 11.5 Å². The Hall–Kier alpha value is -4.34. The standard InChI is InChI=1S/C23H23N5O5/c1-15-7-20-21(33-14-32-20)8-17(15)10-26-28-22(29)19(9-18-11-24-13-25-18)27-23(30)31-12-16-5-3-2-4-6-16/h2-8,10-11,13,19H,9,12,14H2,1H3,(H,24,25)(H,27,30)(H,28,29)/b26-10-/t19-/m0/s1. The zero-order valence-electron chi connectivity index (χ0n) is 17.9. The van der Waals surface area contributed by atoms with E-state index in [4.69, 9.17) is 14.2 Å². The third-order valence-corrected chi connectivity index (χ3v) is 4.94. The minimum atomic E-state index is -0.927. The van der Waals surface area contributed by atoms with Crippen LogP contribution in [0.1, 0.15) is 22.4 Å². The number of hydrogen-bond acceptors (Lipinski definition) is 7. The number of fused-ring (bicyclic) bond motifs is 1. The van der Waals surface area contributed by atoms with E-state index in [2.05, 4.69) is 25.8 Å². The van der Waals surface area contributed by atoms with Gasteiger partial charge in [-0.25, -0.2) is 15.2 Å². The van der Waals surface area contributed by atoms with E-state index in [-0.39, 0.29) is 19.8 Å². The second kappa shape index (κ2) is 10.3. The molecule has 10 nitrogen and oxygen atoms in total. The van der Waals surface area contributed by atoms with Crippen molar-refractivity contribution < 1.29 is 23.8 Å². The maximum Gasteiger partial charge on any atom is 0.408 e. The summed E-state index contributed by atoms with van der Waals surface area (Å²) in [7, 11) is 0. The van der Waals surface area contributed by atoms with Gasteiger partial charge >= 0.3 is 6.09 Å². The summed E-state index contributed by atoms with van der Waals surface area (Å²) in [5.41, 5.74) is 5.66. The summed E-state index contributed by atoms with van der Waals surface area (Å²) in [4.78, 5) is 31.9. The molecule has 33 heavy (non-hydrogen) atoms. The smallest absolute Gasteiger partial charge is 0.408 e. The average Bonchev–Trinajstić information content (AvgIpc) is 3.49. The van der Waals surface area contributed by atoms with Crippen LogP contribution in [-0.2, 0) is 22.6 Å². The Kier molecular flexibility index (Phi) is 6.84. The van der Waals surface area contributed by atoms with Crippen LogP contribution >= 0.6 is 0 Å². The summed E-state index contributed by atoms with van der Waals surface area (Å²) in [6, 6.07) is 12.0. The lowest BCUT2D eigenvalue weighted by atomic mass is 10.1. The first-order valence-electron chi connectivity index (χ1n) is 10.3. The maximum atomic E-state index is 12.8. The number of nitrogens with one attached hydrogen (secondary N) is 3. The Bertz CT molecular complexity index is 1130. The highest BCUT2D eigenvalue weighted by atomic mass is 16.7. The zero-order valence-corrected chi connectivity index (χ0v) is 17.9. The number of carbonyl (C=O) groups is 2. The van der Waals surface area contributed by atoms with Crippen molar-refractivity contribution in [3.05, 3.63) is 77.4 Å². The van der Waals surface area contributed by atoms with Gasteiger partial charge in [0, 0.05) is 23.9 Å². The van der Waals surface area contributed by atoms with Gasteiger partial charge < -0.3 is 24.5 Å². The Balaban J connectivity index is 1.38. The summed E-state index contributed by atoms with van der Waals surface area (Å²) in [5, 5.41) is 6.63. The van der Waals surface area contributed by atoms with Gasteiger partial charge in [0.25, 0.3) is 5.91 Å². The summed E-state index contributed by atoms with van der Waals surface area (Å²) in [6.07, 6.45) is 4.06. The molecule has 3 aromatic rings. The van der Waals surface area contributed by atoms with E-state index in [0.717, 1.165) is 16.7 Å². The lowest BCUT2D eigenvalue weighted by Crippen LogP contribution is -2.47. The molecule has 2 amide bonds. The van der Waals surface area contributed by atoms with Gasteiger partial charge in [0.05, 0.1) is 12.5 Å². The number of hydrogen-bond donors (Lipinski definition) is 3. The summed E-state index contributed by atoms with van der Waals surface area (Å²) in [5.74, 6) is 0.788. The van der Waals surface area contributed by atoms with Crippen LogP contribution in [0.4, 0.5) is 4.79 Å². The van der Waals surface area contributed by atoms with Crippen LogP contribution in [0.25, 0.3) is 0 Å². The number of aryl methyl sites for hydroxylation is 1. The van der Waals surface area contributed by atoms with E-state index in [0.29, 0.717) is 17.2 Å². The number of aromatic nitrogens is 2. The number of carbonyl (C=O) groups excluding carboxylic acids is 2. The highest BCUT2D eigenvalue weighted by Gasteiger charge is 2.23. The lowest BCUT2D eigenvalue weighted by Gasteiger charge is -2.16. The molecule has 0 saturated carbocycles. The predicted molar refractivity (Wildman–Crippen MR) is 119 cm³/mol. The quantitative estimate of drug-likeness (QED) is 0.358. The van der Waals surface area contributed by atoms with Crippen molar-refractivity contribution >= 4 is 18.2 Å². The fraction of sp³-hybridized carbons (Fsp3) is 0.217. The van der Waals surface area contributed by atoms with Gasteiger partial charge in [-0.2, -0.15) is 5.10 Å². The summed E-state index contributed by atoms with van der Waals surface area (Å²) < 4.78 is 16.0. The molecule has 0 unspecified atom stereocenters. The number of benzene rings is 2. The highest BCUT2D eigenvalue weighted by Crippen LogP contribution is 2.34. The van der Waals surface area contributed by atoms with E-state index in [1.165, 1.54) is 12.5 Å². The second-order valence-electron chi connectivity index (χ2n) is 7.34. The number of H-pyrrole nitrogens is 1. The molecule has 0 fully saturated rings. The topological polar surface area (TPSA) is 127 Å². The van der Waals surface area contributed by atoms with E-state index in [9.17, 15) is 9.59 Å². The van der Waals surface area contributed by atoms with Crippen molar-refractivity contribution in [2.24, 2.45) is 5.10 Å². The molecule has 1 aromatic heterocycles. The summed E-state index contributed by atoms with van der Waals surface area (Å²) >= 11 is 0. The van der Waals surface area contributed by atoms with E-state index < -0.39 is 18.0 Å². The molecule has 0 aliphatic carbocycles. The maximum absolute atomic E-state index is 12.8. The van der Waals surface area contributed by atoms with Gasteiger partial charge in [-0.1, -0.05) is 30.3 Å². The number of imidazole rings is 1. The van der Waals surface area contributed by atoms with Crippen LogP contribution in [0.2, 0.25) is 0 Å². The zero-order chi connectivity index (χ0) is 23.0. The fourth-order valence-electron chi connectivity index (χ4n) is 3.17. The SMILES string of the molecule is Cc1cc2c(cc1/C=N\NC(=O)[C@H](Cc1cnc[nH]1)NC(=O)OCc1ccccc1)OCO2. The Morgan fingerprint density at radius 2 is 2.03 bits per heavy atom. The van der Waals surface area contributed by atoms with Gasteiger partial charge in [-0.05, 0) is 30.2 Å². The number of amides is 2. The average molecular weight is 449 g/mol. The number of ether oxygens (including phenoxy) is 3. The minimum absolute atomic E-state index is 0.0899. The number of alkyl carbamates (subject to hydrolysis) is 1. The fourth-order valence-corrected chi connectivity index (χ4v) is 3.17. The van der Waals surface area contributed by atoms with Crippen LogP contribution in [0.15, 0.2) is 60.1 Å². The van der Waals surface area contributed by atoms with Crippen molar-refractivity contribution in [2.45, 2.75) is 26.0 Å². The van der Waals surface area contributed by atoms with Crippen molar-refractivity contribution in [3.8, 4) is 11.5 Å². The van der Waals surface area contributed by atoms with E-state index in [1.807, 2.05) is 43.3 Å². The molecular formula is C23H23N5O5. The molecule has 1 atom stereocenters. The van der Waals surface area contributed by atoms with Crippen LogP contribution in [0.3, 0.4) is 0 Å². The van der Waals surface area contributed by atoms with Crippen molar-refractivity contribution in [1.82, 2.24) is 20.7 Å². The van der Waals surface area contributed by atoms with Crippen LogP contribution in [0, 0.1) is 6.92 Å². The van der Waals surface area contributed by atoms with Crippen molar-refractivity contribution in [3.63, 3.8) is 0 Å². The first kappa shape index (κ1) is 21.9. The molecule has 1 aliphatic rings. The number of rotatable bonds is 8. The van der Waals surface area contributed by atoms with Gasteiger partial charge in [0.2, 0.25) is 6.79 Å². The molecule has 0 saturated heterocycles. The molecular weight excluding hydrogens is 426 g/mol. The van der Waals surface area contributed by atoms with Crippen LogP contribution in [0.5, 0.6) is 11.5 Å². The molecule has 3 N–H and O–H groups in total. The Labute approximate surface area is 190 Å². The monoisotopic (exact) mass is 449 g/mol. The van der Waals surface area contributed by atoms with Crippen molar-refractivity contribution in [2.75, 3.05) is 6.79 Å². The Morgan fingerprint density at radius 1 is 1.24 bits per heavy atom. The minimum Gasteiger partial charge on any atom is -0.454 e. The predicted octanol–water partition coefficient (Wildman–Crippen LogP) is 2.43. The second-order valence-corrected chi connectivity index (χ2v) is 7.34. The normalized spacial score (nSPS) is 13.0. The van der Waals surface area contributed by atoms with Gasteiger partial charge in [-0.15, -0.1) is 0 Å². The van der Waals surface area contributed by atoms with Gasteiger partial charge in [0.1, 0.15) is 12.6 Å². The van der Waals surface area contributed by atoms with E-state index in [1.54, 1.807) is 12.3 Å². The number of hydrazone groups is 1. The number of nitrogens with zero attached hydrogens (tertiary/aromatic N) is 2. The molecule has 0 bridgehead atoms. The van der Waals surface area contributed by atoms with E-state index >= 15 is 0 Å². The van der Waals surface area contributed by atoms with Crippen LogP contribution in [-0.4, -0.2) is 41.0 Å². The molecule has 0 spiro atoms. The molecule has 2 heterocycles. The number of aromatic amines is 1. The molecule has 10 heteroatoms. The molecule has 0 radical (unpaired) electrons. The summed E-state index contributed by atoms with van der Waals surface area (Å²) in [6.45, 7) is 2.16. The highest BCUT2D eigenvalue weighted by molar-refractivity contribution is 5.88. The lowest BCUT2D eigenvalue weighted by molar-refractivity contribution is -0.123. The third-order valence-electron chi connectivity index (χ3n) is 4.94. The van der Waals surface area contributed by atoms with Crippen molar-refractivity contribution in [1.29, 1.82) is 0 Å². The first-order chi connectivity index (χ1) is 16.1. The molecule has 4 rings (SSSR count). The molecule has 170 valence electrons. The first-order valence-corrected chi connectivity index (χ1v) is 10.3.